The summed E-state index contributed by atoms with van der Waals surface area (Å²) in [5, 5.41) is 0. The number of nitrogens with zero attached hydrogens (tertiary/aromatic N) is 2. The molecule has 2 aromatic rings. The molecule has 0 unspecified atom stereocenters. The van der Waals surface area contributed by atoms with Crippen LogP contribution in [0.4, 0.5) is 0 Å². The first kappa shape index (κ1) is 20.6. The van der Waals surface area contributed by atoms with Gasteiger partial charge in [0, 0.05) is 30.9 Å². The van der Waals surface area contributed by atoms with Gasteiger partial charge in [-0.25, -0.2) is 4.57 Å². The maximum Gasteiger partial charge on any atom is 0.169 e. The first-order valence-corrected chi connectivity index (χ1v) is 10.8. The quantitative estimate of drug-likeness (QED) is 0.271. The van der Waals surface area contributed by atoms with Crippen LogP contribution >= 0.6 is 0 Å². The maximum atomic E-state index is 4.08. The molecule has 0 aliphatic heterocycles. The third-order valence-electron chi connectivity index (χ3n) is 5.17. The Hall–Kier alpha value is -1.70. The van der Waals surface area contributed by atoms with Gasteiger partial charge in [-0.3, -0.25) is 4.98 Å². The van der Waals surface area contributed by atoms with Crippen LogP contribution in [-0.2, 0) is 6.54 Å². The van der Waals surface area contributed by atoms with E-state index in [9.17, 15) is 0 Å². The molecule has 0 atom stereocenters. The minimum atomic E-state index is 1.13. The molecule has 0 bridgehead atoms. The van der Waals surface area contributed by atoms with Crippen LogP contribution in [-0.4, -0.2) is 4.98 Å². The smallest absolute Gasteiger partial charge is 0.169 e. The van der Waals surface area contributed by atoms with E-state index < -0.39 is 0 Å². The van der Waals surface area contributed by atoms with Crippen molar-refractivity contribution in [3.05, 3.63) is 49.1 Å². The molecule has 0 saturated carbocycles. The lowest BCUT2D eigenvalue weighted by Gasteiger charge is -2.03. The molecule has 0 amide bonds. The van der Waals surface area contributed by atoms with Crippen LogP contribution < -0.4 is 4.57 Å². The maximum absolute atomic E-state index is 4.08. The van der Waals surface area contributed by atoms with Gasteiger partial charge < -0.3 is 0 Å². The Morgan fingerprint density at radius 3 is 1.62 bits per heavy atom. The summed E-state index contributed by atoms with van der Waals surface area (Å²) in [5.41, 5.74) is 2.50. The molecule has 2 aromatic heterocycles. The van der Waals surface area contributed by atoms with Crippen molar-refractivity contribution in [1.29, 1.82) is 0 Å². The highest BCUT2D eigenvalue weighted by Gasteiger charge is 2.02. The van der Waals surface area contributed by atoms with Crippen molar-refractivity contribution in [3.63, 3.8) is 0 Å². The molecule has 0 aliphatic rings. The predicted molar refractivity (Wildman–Crippen MR) is 111 cm³/mol. The Morgan fingerprint density at radius 2 is 1.08 bits per heavy atom. The van der Waals surface area contributed by atoms with Gasteiger partial charge in [-0.1, -0.05) is 71.1 Å². The van der Waals surface area contributed by atoms with Gasteiger partial charge in [0.15, 0.2) is 12.4 Å². The number of unbranched alkanes of at least 4 members (excludes halogenated alkanes) is 11. The van der Waals surface area contributed by atoms with E-state index in [1.807, 2.05) is 12.4 Å². The van der Waals surface area contributed by atoms with E-state index in [0.29, 0.717) is 0 Å². The molecule has 2 heteroatoms. The lowest BCUT2D eigenvalue weighted by molar-refractivity contribution is -0.697. The number of hydrogen-bond donors (Lipinski definition) is 0. The molecule has 26 heavy (non-hydrogen) atoms. The summed E-state index contributed by atoms with van der Waals surface area (Å²) < 4.78 is 2.31. The van der Waals surface area contributed by atoms with Gasteiger partial charge in [0.1, 0.15) is 6.54 Å². The number of aromatic nitrogens is 2. The van der Waals surface area contributed by atoms with Crippen molar-refractivity contribution in [2.75, 3.05) is 0 Å². The molecule has 142 valence electrons. The summed E-state index contributed by atoms with van der Waals surface area (Å²) in [6.07, 6.45) is 25.0. The van der Waals surface area contributed by atoms with Crippen LogP contribution in [0.3, 0.4) is 0 Å². The number of rotatable bonds is 14. The summed E-state index contributed by atoms with van der Waals surface area (Å²) in [4.78, 5) is 4.08. The fourth-order valence-electron chi connectivity index (χ4n) is 3.48. The molecule has 0 aromatic carbocycles. The lowest BCUT2D eigenvalue weighted by atomic mass is 10.1. The molecule has 2 rings (SSSR count). The predicted octanol–water partition coefficient (Wildman–Crippen LogP) is 6.74. The fraction of sp³-hybridized carbons (Fsp3) is 0.583. The van der Waals surface area contributed by atoms with Crippen molar-refractivity contribution in [2.24, 2.45) is 0 Å². The summed E-state index contributed by atoms with van der Waals surface area (Å²) in [5.74, 6) is 0. The molecule has 0 aliphatic carbocycles. The van der Waals surface area contributed by atoms with E-state index in [-0.39, 0.29) is 0 Å². The Morgan fingerprint density at radius 1 is 0.615 bits per heavy atom. The Labute approximate surface area is 160 Å². The summed E-state index contributed by atoms with van der Waals surface area (Å²) >= 11 is 0. The van der Waals surface area contributed by atoms with Gasteiger partial charge in [0.05, 0.1) is 0 Å². The van der Waals surface area contributed by atoms with E-state index in [1.54, 1.807) is 0 Å². The molecule has 0 radical (unpaired) electrons. The van der Waals surface area contributed by atoms with Gasteiger partial charge in [0.2, 0.25) is 0 Å². The zero-order valence-corrected chi connectivity index (χ0v) is 16.7. The molecule has 2 nitrogen and oxygen atoms in total. The highest BCUT2D eigenvalue weighted by molar-refractivity contribution is 5.61. The van der Waals surface area contributed by atoms with Crippen molar-refractivity contribution in [1.82, 2.24) is 4.98 Å². The average Bonchev–Trinajstić information content (AvgIpc) is 2.70. The van der Waals surface area contributed by atoms with Crippen molar-refractivity contribution in [3.8, 4) is 11.1 Å². The van der Waals surface area contributed by atoms with E-state index >= 15 is 0 Å². The first-order chi connectivity index (χ1) is 12.9. The zero-order chi connectivity index (χ0) is 18.3. The second kappa shape index (κ2) is 13.5. The van der Waals surface area contributed by atoms with E-state index in [1.165, 1.54) is 88.2 Å². The Bertz CT molecular complexity index is 563. The van der Waals surface area contributed by atoms with Gasteiger partial charge >= 0.3 is 0 Å². The van der Waals surface area contributed by atoms with Crippen LogP contribution in [0, 0.1) is 0 Å². The van der Waals surface area contributed by atoms with Gasteiger partial charge in [-0.2, -0.15) is 0 Å². The van der Waals surface area contributed by atoms with Crippen LogP contribution in [0.5, 0.6) is 0 Å². The third-order valence-corrected chi connectivity index (χ3v) is 5.17. The molecule has 0 saturated heterocycles. The minimum Gasteiger partial charge on any atom is -0.265 e. The normalized spacial score (nSPS) is 11.0. The molecule has 2 heterocycles. The second-order valence-corrected chi connectivity index (χ2v) is 7.45. The van der Waals surface area contributed by atoms with E-state index in [0.717, 1.165) is 6.54 Å². The zero-order valence-electron chi connectivity index (χ0n) is 16.7. The molecule has 0 fully saturated rings. The van der Waals surface area contributed by atoms with E-state index in [2.05, 4.69) is 53.1 Å². The second-order valence-electron chi connectivity index (χ2n) is 7.45. The fourth-order valence-corrected chi connectivity index (χ4v) is 3.48. The van der Waals surface area contributed by atoms with Crippen molar-refractivity contribution >= 4 is 0 Å². The highest BCUT2D eigenvalue weighted by Crippen LogP contribution is 2.16. The molecular formula is C24H37N2+. The molecule has 0 N–H and O–H groups in total. The number of aryl methyl sites for hydroxylation is 1. The monoisotopic (exact) mass is 353 g/mol. The van der Waals surface area contributed by atoms with Crippen molar-refractivity contribution < 1.29 is 4.57 Å². The minimum absolute atomic E-state index is 1.13. The number of hydrogen-bond acceptors (Lipinski definition) is 1. The molecular weight excluding hydrogens is 316 g/mol. The SMILES string of the molecule is CCCCCCCCCCCCCC[n+]1ccc(-c2ccncc2)cc1. The summed E-state index contributed by atoms with van der Waals surface area (Å²) in [6, 6.07) is 8.53. The molecule has 0 spiro atoms. The van der Waals surface area contributed by atoms with Crippen LogP contribution in [0.2, 0.25) is 0 Å². The summed E-state index contributed by atoms with van der Waals surface area (Å²) in [6.45, 7) is 3.42. The average molecular weight is 354 g/mol. The van der Waals surface area contributed by atoms with Crippen molar-refractivity contribution in [2.45, 2.75) is 90.5 Å². The van der Waals surface area contributed by atoms with Crippen LogP contribution in [0.15, 0.2) is 49.1 Å². The van der Waals surface area contributed by atoms with Gasteiger partial charge in [-0.15, -0.1) is 0 Å². The topological polar surface area (TPSA) is 16.8 Å². The number of pyridine rings is 2. The van der Waals surface area contributed by atoms with Gasteiger partial charge in [-0.05, 0) is 29.7 Å². The van der Waals surface area contributed by atoms with Crippen LogP contribution in [0.1, 0.15) is 84.0 Å². The lowest BCUT2D eigenvalue weighted by Crippen LogP contribution is -2.32. The standard InChI is InChI=1S/C24H37N2/c1-2-3-4-5-6-7-8-9-10-11-12-13-20-26-21-16-24(17-22-26)23-14-18-25-19-15-23/h14-19,21-22H,2-13,20H2,1H3/q+1. The van der Waals surface area contributed by atoms with E-state index in [4.69, 9.17) is 0 Å². The first-order valence-electron chi connectivity index (χ1n) is 10.8. The largest absolute Gasteiger partial charge is 0.265 e. The highest BCUT2D eigenvalue weighted by atomic mass is 14.9. The Kier molecular flexibility index (Phi) is 10.7. The van der Waals surface area contributed by atoms with Gasteiger partial charge in [0.25, 0.3) is 0 Å². The Balaban J connectivity index is 1.47. The van der Waals surface area contributed by atoms with Crippen LogP contribution in [0.25, 0.3) is 11.1 Å². The summed E-state index contributed by atoms with van der Waals surface area (Å²) in [7, 11) is 0. The third kappa shape index (κ3) is 8.60.